The maximum Gasteiger partial charge on any atom is 0.157 e. The van der Waals surface area contributed by atoms with Crippen LogP contribution in [0.2, 0.25) is 0 Å². The van der Waals surface area contributed by atoms with E-state index in [1.165, 1.54) is 0 Å². The molecule has 0 aromatic rings. The average molecular weight is 219 g/mol. The summed E-state index contributed by atoms with van der Waals surface area (Å²) < 4.78 is 10.5. The van der Waals surface area contributed by atoms with Crippen molar-refractivity contribution in [2.24, 2.45) is 0 Å². The molecule has 14 heavy (non-hydrogen) atoms. The highest BCUT2D eigenvalue weighted by atomic mass is 35.5. The second-order valence-corrected chi connectivity index (χ2v) is 3.34. The highest BCUT2D eigenvalue weighted by molar-refractivity contribution is 6.19. The van der Waals surface area contributed by atoms with Gasteiger partial charge in [-0.2, -0.15) is 0 Å². The third-order valence-electron chi connectivity index (χ3n) is 1.94. The lowest BCUT2D eigenvalue weighted by molar-refractivity contribution is -0.0488. The van der Waals surface area contributed by atoms with Gasteiger partial charge in [-0.15, -0.1) is 11.6 Å². The van der Waals surface area contributed by atoms with E-state index in [-0.39, 0.29) is 12.2 Å². The van der Waals surface area contributed by atoms with Crippen LogP contribution in [0.5, 0.6) is 0 Å². The molecule has 0 amide bonds. The minimum Gasteiger partial charge on any atom is -0.380 e. The molecule has 3 nitrogen and oxygen atoms in total. The zero-order valence-electron chi connectivity index (χ0n) is 8.04. The van der Waals surface area contributed by atoms with E-state index in [9.17, 15) is 5.11 Å². The molecule has 1 aliphatic rings. The number of ether oxygens (including phenoxy) is 2. The Balaban J connectivity index is 2.02. The average Bonchev–Trinajstić information content (AvgIpc) is 2.67. The van der Waals surface area contributed by atoms with Crippen LogP contribution in [0.25, 0.3) is 0 Å². The SMILES string of the molecule is OC(C#CCCl)CCCC1OCCO1. The zero-order chi connectivity index (χ0) is 10.2. The molecule has 1 fully saturated rings. The first-order valence-corrected chi connectivity index (χ1v) is 5.32. The van der Waals surface area contributed by atoms with E-state index in [0.717, 1.165) is 12.8 Å². The Bertz CT molecular complexity index is 203. The molecule has 0 aromatic carbocycles. The normalized spacial score (nSPS) is 19.0. The first-order chi connectivity index (χ1) is 6.83. The number of halogens is 1. The van der Waals surface area contributed by atoms with E-state index in [2.05, 4.69) is 11.8 Å². The lowest BCUT2D eigenvalue weighted by atomic mass is 10.1. The fourth-order valence-electron chi connectivity index (χ4n) is 1.28. The Labute approximate surface area is 89.3 Å². The minimum absolute atomic E-state index is 0.0804. The molecule has 0 saturated carbocycles. The molecule has 0 spiro atoms. The third-order valence-corrected chi connectivity index (χ3v) is 2.08. The lowest BCUT2D eigenvalue weighted by Gasteiger charge is -2.08. The number of hydrogen-bond acceptors (Lipinski definition) is 3. The summed E-state index contributed by atoms with van der Waals surface area (Å²) in [7, 11) is 0. The van der Waals surface area contributed by atoms with Gasteiger partial charge in [0.2, 0.25) is 0 Å². The molecule has 0 radical (unpaired) electrons. The van der Waals surface area contributed by atoms with Crippen molar-refractivity contribution < 1.29 is 14.6 Å². The molecule has 0 bridgehead atoms. The number of aliphatic hydroxyl groups excluding tert-OH is 1. The van der Waals surface area contributed by atoms with Crippen LogP contribution in [-0.4, -0.2) is 36.6 Å². The number of aliphatic hydroxyl groups is 1. The summed E-state index contributed by atoms with van der Waals surface area (Å²) in [5.74, 6) is 5.55. The molecule has 1 saturated heterocycles. The van der Waals surface area contributed by atoms with E-state index in [1.54, 1.807) is 0 Å². The van der Waals surface area contributed by atoms with Crippen molar-refractivity contribution in [3.8, 4) is 11.8 Å². The van der Waals surface area contributed by atoms with Gasteiger partial charge in [0, 0.05) is 0 Å². The summed E-state index contributed by atoms with van der Waals surface area (Å²) in [6.45, 7) is 1.36. The molecule has 1 aliphatic heterocycles. The van der Waals surface area contributed by atoms with Crippen LogP contribution >= 0.6 is 11.6 Å². The van der Waals surface area contributed by atoms with Gasteiger partial charge in [0.15, 0.2) is 6.29 Å². The van der Waals surface area contributed by atoms with Gasteiger partial charge in [0.25, 0.3) is 0 Å². The maximum absolute atomic E-state index is 9.34. The summed E-state index contributed by atoms with van der Waals surface area (Å²) in [6, 6.07) is 0. The van der Waals surface area contributed by atoms with E-state index < -0.39 is 6.10 Å². The molecule has 0 aliphatic carbocycles. The highest BCUT2D eigenvalue weighted by Crippen LogP contribution is 2.12. The predicted octanol–water partition coefficient (Wildman–Crippen LogP) is 1.13. The molecular weight excluding hydrogens is 204 g/mol. The standard InChI is InChI=1S/C10H15ClO3/c11-6-2-4-9(12)3-1-5-10-13-7-8-14-10/h9-10,12H,1,3,5-8H2. The van der Waals surface area contributed by atoms with Crippen molar-refractivity contribution in [3.63, 3.8) is 0 Å². The van der Waals surface area contributed by atoms with Gasteiger partial charge in [-0.25, -0.2) is 0 Å². The van der Waals surface area contributed by atoms with Gasteiger partial charge in [0.1, 0.15) is 6.10 Å². The number of rotatable bonds is 4. The molecule has 4 heteroatoms. The van der Waals surface area contributed by atoms with Crippen molar-refractivity contribution in [2.75, 3.05) is 19.1 Å². The monoisotopic (exact) mass is 218 g/mol. The largest absolute Gasteiger partial charge is 0.380 e. The second-order valence-electron chi connectivity index (χ2n) is 3.07. The van der Waals surface area contributed by atoms with Crippen LogP contribution in [0, 0.1) is 11.8 Å². The van der Waals surface area contributed by atoms with Crippen LogP contribution in [0.1, 0.15) is 19.3 Å². The van der Waals surface area contributed by atoms with Crippen LogP contribution < -0.4 is 0 Å². The van der Waals surface area contributed by atoms with Gasteiger partial charge >= 0.3 is 0 Å². The molecule has 1 atom stereocenters. The molecule has 1 rings (SSSR count). The number of hydrogen-bond donors (Lipinski definition) is 1. The number of alkyl halides is 1. The zero-order valence-corrected chi connectivity index (χ0v) is 8.79. The molecule has 80 valence electrons. The predicted molar refractivity (Wildman–Crippen MR) is 54.0 cm³/mol. The second kappa shape index (κ2) is 7.08. The summed E-state index contributed by atoms with van der Waals surface area (Å²) in [4.78, 5) is 0. The van der Waals surface area contributed by atoms with Crippen molar-refractivity contribution in [3.05, 3.63) is 0 Å². The summed E-state index contributed by atoms with van der Waals surface area (Å²) in [5.41, 5.74) is 0. The topological polar surface area (TPSA) is 38.7 Å². The summed E-state index contributed by atoms with van der Waals surface area (Å²) in [5, 5.41) is 9.34. The molecule has 0 aromatic heterocycles. The Kier molecular flexibility index (Phi) is 5.97. The highest BCUT2D eigenvalue weighted by Gasteiger charge is 2.15. The van der Waals surface area contributed by atoms with Crippen molar-refractivity contribution in [2.45, 2.75) is 31.7 Å². The van der Waals surface area contributed by atoms with Gasteiger partial charge in [0.05, 0.1) is 19.1 Å². The Morgan fingerprint density at radius 3 is 2.79 bits per heavy atom. The molecular formula is C10H15ClO3. The molecule has 1 unspecified atom stereocenters. The van der Waals surface area contributed by atoms with E-state index in [0.29, 0.717) is 19.6 Å². The van der Waals surface area contributed by atoms with Gasteiger partial charge in [-0.05, 0) is 19.3 Å². The van der Waals surface area contributed by atoms with Gasteiger partial charge in [-0.3, -0.25) is 0 Å². The Hall–Kier alpha value is -0.270. The van der Waals surface area contributed by atoms with Crippen LogP contribution in [0.15, 0.2) is 0 Å². The first kappa shape index (κ1) is 11.8. The molecule has 1 N–H and O–H groups in total. The fourth-order valence-corrected chi connectivity index (χ4v) is 1.36. The van der Waals surface area contributed by atoms with E-state index >= 15 is 0 Å². The van der Waals surface area contributed by atoms with E-state index in [1.807, 2.05) is 0 Å². The lowest BCUT2D eigenvalue weighted by Crippen LogP contribution is -2.09. The third kappa shape index (κ3) is 4.83. The van der Waals surface area contributed by atoms with Crippen LogP contribution in [-0.2, 0) is 9.47 Å². The van der Waals surface area contributed by atoms with E-state index in [4.69, 9.17) is 21.1 Å². The van der Waals surface area contributed by atoms with Crippen molar-refractivity contribution in [1.82, 2.24) is 0 Å². The summed E-state index contributed by atoms with van der Waals surface area (Å²) in [6.07, 6.45) is 1.66. The van der Waals surface area contributed by atoms with Gasteiger partial charge < -0.3 is 14.6 Å². The van der Waals surface area contributed by atoms with Crippen molar-refractivity contribution in [1.29, 1.82) is 0 Å². The van der Waals surface area contributed by atoms with Gasteiger partial charge in [-0.1, -0.05) is 11.8 Å². The van der Waals surface area contributed by atoms with Crippen LogP contribution in [0.4, 0.5) is 0 Å². The Morgan fingerprint density at radius 2 is 2.14 bits per heavy atom. The maximum atomic E-state index is 9.34. The first-order valence-electron chi connectivity index (χ1n) is 4.78. The smallest absolute Gasteiger partial charge is 0.157 e. The summed E-state index contributed by atoms with van der Waals surface area (Å²) >= 11 is 5.36. The molecule has 1 heterocycles. The fraction of sp³-hybridized carbons (Fsp3) is 0.800. The quantitative estimate of drug-likeness (QED) is 0.568. The Morgan fingerprint density at radius 1 is 1.43 bits per heavy atom. The van der Waals surface area contributed by atoms with Crippen LogP contribution in [0.3, 0.4) is 0 Å². The van der Waals surface area contributed by atoms with Crippen molar-refractivity contribution >= 4 is 11.6 Å². The minimum atomic E-state index is -0.574.